The number of halogens is 3. The van der Waals surface area contributed by atoms with Gasteiger partial charge in [0, 0.05) is 29.7 Å². The Balaban J connectivity index is 2.40. The van der Waals surface area contributed by atoms with Crippen LogP contribution in [0.5, 0.6) is 0 Å². The smallest absolute Gasteiger partial charge is 0.142 e. The fraction of sp³-hybridized carbons (Fsp3) is 0.571. The molecule has 114 valence electrons. The number of rotatable bonds is 8. The molecular weight excluding hydrogens is 302 g/mol. The number of benzene rings is 1. The number of nitrogens with zero attached hydrogens (tertiary/aromatic N) is 1. The second-order valence-corrected chi connectivity index (χ2v) is 5.63. The summed E-state index contributed by atoms with van der Waals surface area (Å²) in [6.45, 7) is 4.70. The van der Waals surface area contributed by atoms with E-state index in [1.807, 2.05) is 21.0 Å². The summed E-state index contributed by atoms with van der Waals surface area (Å²) in [5.74, 6) is -0.457. The Kier molecular flexibility index (Phi) is 7.77. The van der Waals surface area contributed by atoms with Gasteiger partial charge in [-0.25, -0.2) is 4.39 Å². The van der Waals surface area contributed by atoms with Gasteiger partial charge in [0.1, 0.15) is 5.82 Å². The minimum atomic E-state index is -0.457. The molecule has 0 aliphatic rings. The van der Waals surface area contributed by atoms with E-state index in [2.05, 4.69) is 10.2 Å². The third-order valence-electron chi connectivity index (χ3n) is 2.89. The highest BCUT2D eigenvalue weighted by Gasteiger charge is 2.16. The summed E-state index contributed by atoms with van der Waals surface area (Å²) in [5.41, 5.74) is 0.585. The molecule has 0 bridgehead atoms. The minimum absolute atomic E-state index is 0.0750. The molecule has 0 amide bonds. The van der Waals surface area contributed by atoms with Gasteiger partial charge in [-0.05, 0) is 33.2 Å². The predicted molar refractivity (Wildman–Crippen MR) is 82.2 cm³/mol. The second-order valence-electron chi connectivity index (χ2n) is 4.85. The highest BCUT2D eigenvalue weighted by atomic mass is 35.5. The molecule has 1 unspecified atom stereocenters. The first-order valence-electron chi connectivity index (χ1n) is 6.52. The van der Waals surface area contributed by atoms with Crippen molar-refractivity contribution < 1.29 is 9.13 Å². The van der Waals surface area contributed by atoms with Crippen LogP contribution in [-0.4, -0.2) is 45.3 Å². The van der Waals surface area contributed by atoms with Crippen LogP contribution in [0.25, 0.3) is 0 Å². The van der Waals surface area contributed by atoms with Crippen LogP contribution in [0.1, 0.15) is 18.5 Å². The molecule has 0 fully saturated rings. The molecule has 1 aromatic rings. The normalized spacial score (nSPS) is 12.9. The van der Waals surface area contributed by atoms with E-state index in [0.717, 1.165) is 6.54 Å². The van der Waals surface area contributed by atoms with Gasteiger partial charge in [-0.15, -0.1) is 0 Å². The lowest BCUT2D eigenvalue weighted by Gasteiger charge is -2.18. The van der Waals surface area contributed by atoms with Crippen molar-refractivity contribution in [3.63, 3.8) is 0 Å². The zero-order chi connectivity index (χ0) is 15.1. The van der Waals surface area contributed by atoms with Crippen LogP contribution < -0.4 is 5.32 Å². The molecular formula is C14H21Cl2FN2O. The first kappa shape index (κ1) is 17.7. The van der Waals surface area contributed by atoms with Crippen molar-refractivity contribution in [1.29, 1.82) is 0 Å². The molecule has 20 heavy (non-hydrogen) atoms. The molecule has 3 nitrogen and oxygen atoms in total. The topological polar surface area (TPSA) is 24.5 Å². The molecule has 0 aliphatic heterocycles. The summed E-state index contributed by atoms with van der Waals surface area (Å²) < 4.78 is 18.9. The fourth-order valence-corrected chi connectivity index (χ4v) is 2.44. The number of likely N-dealkylation sites (N-methyl/N-ethyl adjacent to an activating group) is 1. The lowest BCUT2D eigenvalue weighted by Crippen LogP contribution is -2.25. The van der Waals surface area contributed by atoms with Crippen molar-refractivity contribution in [2.45, 2.75) is 13.0 Å². The molecule has 0 radical (unpaired) electrons. The van der Waals surface area contributed by atoms with Crippen LogP contribution in [0.4, 0.5) is 4.39 Å². The van der Waals surface area contributed by atoms with Crippen LogP contribution in [0.3, 0.4) is 0 Å². The van der Waals surface area contributed by atoms with Crippen LogP contribution in [0.2, 0.25) is 10.0 Å². The maximum absolute atomic E-state index is 13.4. The zero-order valence-corrected chi connectivity index (χ0v) is 13.6. The van der Waals surface area contributed by atoms with Gasteiger partial charge >= 0.3 is 0 Å². The molecule has 1 atom stereocenters. The van der Waals surface area contributed by atoms with Gasteiger partial charge in [0.15, 0.2) is 0 Å². The second kappa shape index (κ2) is 8.80. The average Bonchev–Trinajstić information content (AvgIpc) is 2.38. The summed E-state index contributed by atoms with van der Waals surface area (Å²) >= 11 is 12.0. The Morgan fingerprint density at radius 1 is 1.30 bits per heavy atom. The third-order valence-corrected chi connectivity index (χ3v) is 3.61. The maximum Gasteiger partial charge on any atom is 0.142 e. The zero-order valence-electron chi connectivity index (χ0n) is 12.0. The number of ether oxygens (including phenoxy) is 1. The van der Waals surface area contributed by atoms with Gasteiger partial charge in [0.05, 0.1) is 18.2 Å². The largest absolute Gasteiger partial charge is 0.379 e. The van der Waals surface area contributed by atoms with Gasteiger partial charge in [-0.3, -0.25) is 0 Å². The Bertz CT molecular complexity index is 430. The standard InChI is InChI=1S/C14H21Cl2FN2O/c1-10(18-6-8-20-9-7-19(2)3)13-11(15)4-5-12(17)14(13)16/h4-5,10,18H,6-9H2,1-3H3. The Hall–Kier alpha value is -0.390. The van der Waals surface area contributed by atoms with Gasteiger partial charge < -0.3 is 15.0 Å². The van der Waals surface area contributed by atoms with Crippen molar-refractivity contribution in [2.75, 3.05) is 40.4 Å². The molecule has 1 N–H and O–H groups in total. The number of nitrogens with one attached hydrogen (secondary N) is 1. The summed E-state index contributed by atoms with van der Waals surface area (Å²) in [4.78, 5) is 2.06. The molecule has 0 saturated heterocycles. The minimum Gasteiger partial charge on any atom is -0.379 e. The SMILES string of the molecule is CC(NCCOCCN(C)C)c1c(Cl)ccc(F)c1Cl. The van der Waals surface area contributed by atoms with Crippen LogP contribution in [0.15, 0.2) is 12.1 Å². The van der Waals surface area contributed by atoms with Crippen LogP contribution >= 0.6 is 23.2 Å². The van der Waals surface area contributed by atoms with Crippen molar-refractivity contribution >= 4 is 23.2 Å². The van der Waals surface area contributed by atoms with Crippen LogP contribution in [0, 0.1) is 5.82 Å². The monoisotopic (exact) mass is 322 g/mol. The number of hydrogen-bond acceptors (Lipinski definition) is 3. The van der Waals surface area contributed by atoms with E-state index in [1.165, 1.54) is 12.1 Å². The maximum atomic E-state index is 13.4. The molecule has 0 aliphatic carbocycles. The van der Waals surface area contributed by atoms with E-state index in [0.29, 0.717) is 30.3 Å². The Morgan fingerprint density at radius 3 is 2.65 bits per heavy atom. The van der Waals surface area contributed by atoms with Gasteiger partial charge in [-0.1, -0.05) is 23.2 Å². The molecule has 0 heterocycles. The van der Waals surface area contributed by atoms with Gasteiger partial charge in [0.2, 0.25) is 0 Å². The molecule has 6 heteroatoms. The lowest BCUT2D eigenvalue weighted by atomic mass is 10.1. The molecule has 1 aromatic carbocycles. The molecule has 1 rings (SSSR count). The lowest BCUT2D eigenvalue weighted by molar-refractivity contribution is 0.118. The Labute approximate surface area is 130 Å². The summed E-state index contributed by atoms with van der Waals surface area (Å²) in [7, 11) is 4.00. The van der Waals surface area contributed by atoms with E-state index >= 15 is 0 Å². The Morgan fingerprint density at radius 2 is 2.00 bits per heavy atom. The van der Waals surface area contributed by atoms with Crippen molar-refractivity contribution in [3.8, 4) is 0 Å². The molecule has 0 saturated carbocycles. The molecule has 0 aromatic heterocycles. The first-order chi connectivity index (χ1) is 9.43. The highest BCUT2D eigenvalue weighted by molar-refractivity contribution is 6.36. The van der Waals surface area contributed by atoms with Gasteiger partial charge in [-0.2, -0.15) is 0 Å². The quantitative estimate of drug-likeness (QED) is 0.586. The fourth-order valence-electron chi connectivity index (χ4n) is 1.74. The number of hydrogen-bond donors (Lipinski definition) is 1. The third kappa shape index (κ3) is 5.54. The van der Waals surface area contributed by atoms with E-state index in [4.69, 9.17) is 27.9 Å². The summed E-state index contributed by atoms with van der Waals surface area (Å²) in [6.07, 6.45) is 0. The van der Waals surface area contributed by atoms with Crippen molar-refractivity contribution in [3.05, 3.63) is 33.6 Å². The first-order valence-corrected chi connectivity index (χ1v) is 7.28. The summed E-state index contributed by atoms with van der Waals surface area (Å²) in [5, 5.41) is 3.76. The summed E-state index contributed by atoms with van der Waals surface area (Å²) in [6, 6.07) is 2.65. The van der Waals surface area contributed by atoms with Crippen molar-refractivity contribution in [2.24, 2.45) is 0 Å². The predicted octanol–water partition coefficient (Wildman–Crippen LogP) is 3.36. The van der Waals surface area contributed by atoms with E-state index in [1.54, 1.807) is 0 Å². The van der Waals surface area contributed by atoms with Crippen molar-refractivity contribution in [1.82, 2.24) is 10.2 Å². The highest BCUT2D eigenvalue weighted by Crippen LogP contribution is 2.32. The van der Waals surface area contributed by atoms with E-state index in [9.17, 15) is 4.39 Å². The average molecular weight is 323 g/mol. The van der Waals surface area contributed by atoms with E-state index in [-0.39, 0.29) is 11.1 Å². The van der Waals surface area contributed by atoms with Gasteiger partial charge in [0.25, 0.3) is 0 Å². The van der Waals surface area contributed by atoms with Crippen LogP contribution in [-0.2, 0) is 4.74 Å². The van der Waals surface area contributed by atoms with E-state index < -0.39 is 5.82 Å². The molecule has 0 spiro atoms.